The van der Waals surface area contributed by atoms with Crippen LogP contribution < -0.4 is 5.32 Å². The molecule has 1 N–H and O–H groups in total. The zero-order chi connectivity index (χ0) is 13.8. The van der Waals surface area contributed by atoms with Crippen LogP contribution in [0.5, 0.6) is 0 Å². The third kappa shape index (κ3) is 3.95. The number of nitrogens with zero attached hydrogens (tertiary/aromatic N) is 1. The monoisotopic (exact) mass is 256 g/mol. The first-order valence-electron chi connectivity index (χ1n) is 5.70. The van der Waals surface area contributed by atoms with E-state index in [4.69, 9.17) is 5.26 Å². The van der Waals surface area contributed by atoms with Gasteiger partial charge in [0.05, 0.1) is 17.2 Å². The van der Waals surface area contributed by atoms with Crippen molar-refractivity contribution in [3.63, 3.8) is 0 Å². The van der Waals surface area contributed by atoms with E-state index in [-0.39, 0.29) is 5.56 Å². The second-order valence-corrected chi connectivity index (χ2v) is 4.48. The highest BCUT2D eigenvalue weighted by molar-refractivity contribution is 5.53. The summed E-state index contributed by atoms with van der Waals surface area (Å²) in [4.78, 5) is 0. The Morgan fingerprint density at radius 3 is 2.50 bits per heavy atom. The van der Waals surface area contributed by atoms with Gasteiger partial charge in [0.15, 0.2) is 0 Å². The summed E-state index contributed by atoms with van der Waals surface area (Å²) in [5.74, 6) is 0.516. The summed E-state index contributed by atoms with van der Waals surface area (Å²) < 4.78 is 37.7. The number of nitriles is 1. The maximum absolute atomic E-state index is 12.6. The quantitative estimate of drug-likeness (QED) is 0.882. The Hall–Kier alpha value is -1.70. The van der Waals surface area contributed by atoms with Gasteiger partial charge in [-0.15, -0.1) is 0 Å². The Balaban J connectivity index is 2.84. The van der Waals surface area contributed by atoms with Crippen molar-refractivity contribution >= 4 is 5.69 Å². The van der Waals surface area contributed by atoms with Gasteiger partial charge in [0.25, 0.3) is 0 Å². The number of halogens is 3. The van der Waals surface area contributed by atoms with Crippen molar-refractivity contribution in [3.05, 3.63) is 29.3 Å². The van der Waals surface area contributed by atoms with Crippen molar-refractivity contribution < 1.29 is 13.2 Å². The summed E-state index contributed by atoms with van der Waals surface area (Å²) in [5.41, 5.74) is -0.698. The van der Waals surface area contributed by atoms with Crippen molar-refractivity contribution in [2.24, 2.45) is 5.92 Å². The van der Waals surface area contributed by atoms with Crippen LogP contribution in [0.1, 0.15) is 31.4 Å². The first kappa shape index (κ1) is 14.4. The molecule has 5 heteroatoms. The molecular formula is C13H15F3N2. The molecule has 18 heavy (non-hydrogen) atoms. The van der Waals surface area contributed by atoms with Crippen molar-refractivity contribution in [1.29, 1.82) is 5.26 Å². The molecule has 0 heterocycles. The van der Waals surface area contributed by atoms with Gasteiger partial charge in [0, 0.05) is 12.2 Å². The minimum absolute atomic E-state index is 0.350. The van der Waals surface area contributed by atoms with Crippen LogP contribution in [0.25, 0.3) is 0 Å². The summed E-state index contributed by atoms with van der Waals surface area (Å²) in [6.45, 7) is 4.80. The molecule has 1 aromatic rings. The molecule has 0 unspecified atom stereocenters. The van der Waals surface area contributed by atoms with Crippen LogP contribution >= 0.6 is 0 Å². The Labute approximate surface area is 104 Å². The summed E-state index contributed by atoms with van der Waals surface area (Å²) in [6, 6.07) is 5.11. The number of hydrogen-bond acceptors (Lipinski definition) is 2. The Morgan fingerprint density at radius 2 is 2.00 bits per heavy atom. The van der Waals surface area contributed by atoms with Gasteiger partial charge in [0.1, 0.15) is 0 Å². The minimum Gasteiger partial charge on any atom is -0.385 e. The maximum atomic E-state index is 12.6. The molecule has 0 fully saturated rings. The van der Waals surface area contributed by atoms with Crippen LogP contribution in [-0.2, 0) is 6.18 Å². The standard InChI is InChI=1S/C13H15F3N2/c1-9(2)5-6-18-11-3-4-12(13(14,15)16)10(7-11)8-17/h3-4,7,9,18H,5-6H2,1-2H3. The lowest BCUT2D eigenvalue weighted by atomic mass is 10.1. The largest absolute Gasteiger partial charge is 0.417 e. The number of benzene rings is 1. The fourth-order valence-corrected chi connectivity index (χ4v) is 1.50. The summed E-state index contributed by atoms with van der Waals surface area (Å²) in [6.07, 6.45) is -3.57. The number of rotatable bonds is 4. The highest BCUT2D eigenvalue weighted by Crippen LogP contribution is 2.32. The zero-order valence-corrected chi connectivity index (χ0v) is 10.3. The molecule has 0 aliphatic rings. The minimum atomic E-state index is -4.48. The molecule has 0 aliphatic carbocycles. The van der Waals surface area contributed by atoms with E-state index in [2.05, 4.69) is 19.2 Å². The van der Waals surface area contributed by atoms with Crippen LogP contribution in [0.4, 0.5) is 18.9 Å². The maximum Gasteiger partial charge on any atom is 0.417 e. The number of nitrogens with one attached hydrogen (secondary N) is 1. The molecule has 98 valence electrons. The molecular weight excluding hydrogens is 241 g/mol. The van der Waals surface area contributed by atoms with Crippen molar-refractivity contribution in [2.75, 3.05) is 11.9 Å². The van der Waals surface area contributed by atoms with Crippen molar-refractivity contribution in [1.82, 2.24) is 0 Å². The fraction of sp³-hybridized carbons (Fsp3) is 0.462. The lowest BCUT2D eigenvalue weighted by molar-refractivity contribution is -0.137. The van der Waals surface area contributed by atoms with Gasteiger partial charge in [-0.25, -0.2) is 0 Å². The normalized spacial score (nSPS) is 11.4. The van der Waals surface area contributed by atoms with Gasteiger partial charge in [0.2, 0.25) is 0 Å². The van der Waals surface area contributed by atoms with Gasteiger partial charge in [-0.1, -0.05) is 13.8 Å². The number of alkyl halides is 3. The molecule has 0 atom stereocenters. The Bertz CT molecular complexity index is 445. The van der Waals surface area contributed by atoms with Gasteiger partial charge in [-0.2, -0.15) is 18.4 Å². The molecule has 1 rings (SSSR count). The Kier molecular flexibility index (Phi) is 4.60. The lowest BCUT2D eigenvalue weighted by Crippen LogP contribution is -2.09. The molecule has 0 aliphatic heterocycles. The van der Waals surface area contributed by atoms with Crippen LogP contribution in [0, 0.1) is 17.2 Å². The second kappa shape index (κ2) is 5.76. The molecule has 0 saturated heterocycles. The predicted octanol–water partition coefficient (Wildman–Crippen LogP) is 4.04. The van der Waals surface area contributed by atoms with Crippen LogP contribution in [-0.4, -0.2) is 6.54 Å². The van der Waals surface area contributed by atoms with Gasteiger partial charge in [-0.05, 0) is 30.5 Å². The smallest absolute Gasteiger partial charge is 0.385 e. The number of hydrogen-bond donors (Lipinski definition) is 1. The predicted molar refractivity (Wildman–Crippen MR) is 64.1 cm³/mol. The second-order valence-electron chi connectivity index (χ2n) is 4.48. The zero-order valence-electron chi connectivity index (χ0n) is 10.3. The van der Waals surface area contributed by atoms with E-state index in [0.29, 0.717) is 18.2 Å². The van der Waals surface area contributed by atoms with Crippen LogP contribution in [0.3, 0.4) is 0 Å². The van der Waals surface area contributed by atoms with E-state index in [1.54, 1.807) is 6.07 Å². The molecule has 2 nitrogen and oxygen atoms in total. The molecule has 0 aromatic heterocycles. The van der Waals surface area contributed by atoms with Crippen molar-refractivity contribution in [3.8, 4) is 6.07 Å². The third-order valence-corrected chi connectivity index (χ3v) is 2.50. The highest BCUT2D eigenvalue weighted by atomic mass is 19.4. The average molecular weight is 256 g/mol. The molecule has 0 spiro atoms. The summed E-state index contributed by atoms with van der Waals surface area (Å²) in [7, 11) is 0. The van der Waals surface area contributed by atoms with Gasteiger partial charge < -0.3 is 5.32 Å². The molecule has 0 saturated carbocycles. The first-order valence-corrected chi connectivity index (χ1v) is 5.70. The van der Waals surface area contributed by atoms with Crippen LogP contribution in [0.2, 0.25) is 0 Å². The molecule has 0 radical (unpaired) electrons. The Morgan fingerprint density at radius 1 is 1.33 bits per heavy atom. The van der Waals surface area contributed by atoms with Crippen molar-refractivity contribution in [2.45, 2.75) is 26.4 Å². The fourth-order valence-electron chi connectivity index (χ4n) is 1.50. The van der Waals surface area contributed by atoms with E-state index in [9.17, 15) is 13.2 Å². The van der Waals surface area contributed by atoms with E-state index >= 15 is 0 Å². The van der Waals surface area contributed by atoms with Gasteiger partial charge in [-0.3, -0.25) is 0 Å². The SMILES string of the molecule is CC(C)CCNc1ccc(C(F)(F)F)c(C#N)c1. The highest BCUT2D eigenvalue weighted by Gasteiger charge is 2.33. The van der Waals surface area contributed by atoms with Gasteiger partial charge >= 0.3 is 6.18 Å². The van der Waals surface area contributed by atoms with E-state index in [1.165, 1.54) is 12.1 Å². The first-order chi connectivity index (χ1) is 8.34. The summed E-state index contributed by atoms with van der Waals surface area (Å²) in [5, 5.41) is 11.8. The third-order valence-electron chi connectivity index (χ3n) is 2.50. The molecule has 0 amide bonds. The summed E-state index contributed by atoms with van der Waals surface area (Å²) >= 11 is 0. The van der Waals surface area contributed by atoms with E-state index < -0.39 is 11.7 Å². The number of anilines is 1. The van der Waals surface area contributed by atoms with Crippen LogP contribution in [0.15, 0.2) is 18.2 Å². The molecule has 0 bridgehead atoms. The lowest BCUT2D eigenvalue weighted by Gasteiger charge is -2.12. The molecule has 1 aromatic carbocycles. The average Bonchev–Trinajstić information content (AvgIpc) is 2.26. The van der Waals surface area contributed by atoms with E-state index in [1.807, 2.05) is 0 Å². The topological polar surface area (TPSA) is 35.8 Å². The van der Waals surface area contributed by atoms with E-state index in [0.717, 1.165) is 12.5 Å².